The van der Waals surface area contributed by atoms with Crippen molar-refractivity contribution in [3.8, 4) is 17.4 Å². The van der Waals surface area contributed by atoms with Gasteiger partial charge in [0.15, 0.2) is 4.91 Å². The molecule has 8 heteroatoms. The van der Waals surface area contributed by atoms with E-state index in [1.165, 1.54) is 12.6 Å². The molecular weight excluding hydrogens is 474 g/mol. The highest BCUT2D eigenvalue weighted by Crippen LogP contribution is 2.31. The van der Waals surface area contributed by atoms with E-state index < -0.39 is 21.0 Å². The zero-order valence-corrected chi connectivity index (χ0v) is 22.2. The molecular formula is C28H35N3O4S. The van der Waals surface area contributed by atoms with Crippen LogP contribution in [0, 0.1) is 11.3 Å². The first kappa shape index (κ1) is 27.5. The van der Waals surface area contributed by atoms with Crippen molar-refractivity contribution in [3.05, 3.63) is 59.2 Å². The molecule has 1 unspecified atom stereocenters. The molecule has 0 bridgehead atoms. The second-order valence-corrected chi connectivity index (χ2v) is 10.6. The molecule has 1 aromatic heterocycles. The van der Waals surface area contributed by atoms with Crippen molar-refractivity contribution in [2.24, 2.45) is 0 Å². The number of nitrogens with zero attached hydrogens (tertiary/aromatic N) is 2. The van der Waals surface area contributed by atoms with Crippen LogP contribution in [0.15, 0.2) is 57.9 Å². The smallest absolute Gasteiger partial charge is 0.251 e. The van der Waals surface area contributed by atoms with Crippen molar-refractivity contribution in [1.82, 2.24) is 4.72 Å². The lowest BCUT2D eigenvalue weighted by atomic mass is 10.0. The summed E-state index contributed by atoms with van der Waals surface area (Å²) in [4.78, 5) is 1.97. The third-order valence-corrected chi connectivity index (χ3v) is 7.61. The largest absolute Gasteiger partial charge is 0.456 e. The summed E-state index contributed by atoms with van der Waals surface area (Å²) in [5.74, 6) is 0.881. The van der Waals surface area contributed by atoms with Crippen LogP contribution < -0.4 is 9.62 Å². The molecule has 0 fully saturated rings. The monoisotopic (exact) mass is 509 g/mol. The maximum absolute atomic E-state index is 12.6. The molecule has 1 atom stereocenters. The zero-order chi connectivity index (χ0) is 26.3. The van der Waals surface area contributed by atoms with Gasteiger partial charge in [0.25, 0.3) is 10.0 Å². The summed E-state index contributed by atoms with van der Waals surface area (Å²) in [5, 5.41) is 21.4. The molecule has 0 aliphatic heterocycles. The second kappa shape index (κ2) is 12.2. The molecule has 7 nitrogen and oxygen atoms in total. The van der Waals surface area contributed by atoms with Crippen LogP contribution >= 0.6 is 0 Å². The number of anilines is 1. The van der Waals surface area contributed by atoms with E-state index >= 15 is 0 Å². The van der Waals surface area contributed by atoms with Crippen LogP contribution in [0.2, 0.25) is 0 Å². The van der Waals surface area contributed by atoms with Gasteiger partial charge >= 0.3 is 0 Å². The number of rotatable bonds is 12. The zero-order valence-electron chi connectivity index (χ0n) is 21.4. The van der Waals surface area contributed by atoms with E-state index in [4.69, 9.17) is 4.42 Å². The van der Waals surface area contributed by atoms with Crippen molar-refractivity contribution in [2.45, 2.75) is 53.1 Å². The molecule has 0 amide bonds. The summed E-state index contributed by atoms with van der Waals surface area (Å²) in [6, 6.07) is 17.7. The van der Waals surface area contributed by atoms with Crippen molar-refractivity contribution in [2.75, 3.05) is 24.5 Å². The number of aliphatic hydroxyl groups is 1. The van der Waals surface area contributed by atoms with E-state index in [-0.39, 0.29) is 12.1 Å². The standard InChI is InChI=1S/C28H35N3O4S/c1-5-14-31(15-6-2)24-11-10-21-16-23(9-8-22(21)17-24)27-13-12-26(35-27)20(4)28(18-29)36(33,34)30-19-25(32)7-3/h8-13,16-17,25,30,32H,5-7,14-15,19H2,1-4H3/b28-20+. The van der Waals surface area contributed by atoms with Crippen molar-refractivity contribution in [3.63, 3.8) is 0 Å². The van der Waals surface area contributed by atoms with Crippen LogP contribution in [0.4, 0.5) is 5.69 Å². The minimum Gasteiger partial charge on any atom is -0.456 e. The maximum Gasteiger partial charge on any atom is 0.251 e. The van der Waals surface area contributed by atoms with Gasteiger partial charge < -0.3 is 14.4 Å². The fourth-order valence-electron chi connectivity index (χ4n) is 4.07. The van der Waals surface area contributed by atoms with Crippen LogP contribution in [0.5, 0.6) is 0 Å². The molecule has 36 heavy (non-hydrogen) atoms. The Hall–Kier alpha value is -3.12. The van der Waals surface area contributed by atoms with Crippen molar-refractivity contribution >= 4 is 32.1 Å². The number of hydrogen-bond acceptors (Lipinski definition) is 6. The van der Waals surface area contributed by atoms with Gasteiger partial charge in [-0.3, -0.25) is 0 Å². The minimum atomic E-state index is -4.08. The Balaban J connectivity index is 1.89. The van der Waals surface area contributed by atoms with Gasteiger partial charge in [-0.2, -0.15) is 5.26 Å². The van der Waals surface area contributed by atoms with Gasteiger partial charge in [-0.1, -0.05) is 39.0 Å². The Morgan fingerprint density at radius 3 is 2.36 bits per heavy atom. The number of fused-ring (bicyclic) bond motifs is 1. The first-order valence-corrected chi connectivity index (χ1v) is 13.9. The van der Waals surface area contributed by atoms with Gasteiger partial charge in [-0.05, 0) is 67.3 Å². The Bertz CT molecular complexity index is 1360. The van der Waals surface area contributed by atoms with Gasteiger partial charge in [-0.25, -0.2) is 13.1 Å². The van der Waals surface area contributed by atoms with E-state index in [1.54, 1.807) is 25.1 Å². The number of hydrogen-bond donors (Lipinski definition) is 2. The summed E-state index contributed by atoms with van der Waals surface area (Å²) in [7, 11) is -4.08. The van der Waals surface area contributed by atoms with Crippen LogP contribution in [0.25, 0.3) is 27.7 Å². The minimum absolute atomic E-state index is 0.159. The van der Waals surface area contributed by atoms with E-state index in [0.29, 0.717) is 17.9 Å². The summed E-state index contributed by atoms with van der Waals surface area (Å²) >= 11 is 0. The summed E-state index contributed by atoms with van der Waals surface area (Å²) in [5.41, 5.74) is 2.28. The molecule has 0 aliphatic rings. The molecule has 0 radical (unpaired) electrons. The third kappa shape index (κ3) is 6.35. The predicted molar refractivity (Wildman–Crippen MR) is 146 cm³/mol. The number of nitriles is 1. The van der Waals surface area contributed by atoms with E-state index in [2.05, 4.69) is 47.7 Å². The third-order valence-electron chi connectivity index (χ3n) is 6.13. The summed E-state index contributed by atoms with van der Waals surface area (Å²) in [6.45, 7) is 9.54. The molecule has 2 aromatic carbocycles. The van der Waals surface area contributed by atoms with Gasteiger partial charge in [0, 0.05) is 36.5 Å². The number of sulfonamides is 1. The maximum atomic E-state index is 12.6. The highest BCUT2D eigenvalue weighted by molar-refractivity contribution is 7.93. The lowest BCUT2D eigenvalue weighted by Gasteiger charge is -2.24. The fraction of sp³-hybridized carbons (Fsp3) is 0.393. The molecule has 0 saturated carbocycles. The number of benzene rings is 2. The number of furan rings is 1. The van der Waals surface area contributed by atoms with Gasteiger partial charge in [0.2, 0.25) is 0 Å². The number of nitrogens with one attached hydrogen (secondary N) is 1. The van der Waals surface area contributed by atoms with Gasteiger partial charge in [0.1, 0.15) is 17.6 Å². The van der Waals surface area contributed by atoms with Crippen LogP contribution in [-0.2, 0) is 10.0 Å². The molecule has 1 heterocycles. The van der Waals surface area contributed by atoms with Crippen LogP contribution in [0.3, 0.4) is 0 Å². The Morgan fingerprint density at radius 1 is 1.06 bits per heavy atom. The van der Waals surface area contributed by atoms with E-state index in [1.807, 2.05) is 12.1 Å². The van der Waals surface area contributed by atoms with Crippen molar-refractivity contribution in [1.29, 1.82) is 5.26 Å². The molecule has 192 valence electrons. The lowest BCUT2D eigenvalue weighted by molar-refractivity contribution is 0.174. The average molecular weight is 510 g/mol. The number of aliphatic hydroxyl groups excluding tert-OH is 1. The van der Waals surface area contributed by atoms with E-state index in [0.717, 1.165) is 42.3 Å². The lowest BCUT2D eigenvalue weighted by Crippen LogP contribution is -2.32. The SMILES string of the molecule is CCCN(CCC)c1ccc2cc(-c3ccc(/C(C)=C(\C#N)S(=O)(=O)NCC(O)CC)o3)ccc2c1. The molecule has 3 rings (SSSR count). The fourth-order valence-corrected chi connectivity index (χ4v) is 5.25. The summed E-state index contributed by atoms with van der Waals surface area (Å²) < 4.78 is 33.5. The van der Waals surface area contributed by atoms with Crippen LogP contribution in [0.1, 0.15) is 52.7 Å². The highest BCUT2D eigenvalue weighted by atomic mass is 32.2. The normalized spacial score (nSPS) is 13.3. The molecule has 0 aliphatic carbocycles. The Kier molecular flexibility index (Phi) is 9.32. The molecule has 0 saturated heterocycles. The van der Waals surface area contributed by atoms with E-state index in [9.17, 15) is 18.8 Å². The predicted octanol–water partition coefficient (Wildman–Crippen LogP) is 5.67. The van der Waals surface area contributed by atoms with Crippen molar-refractivity contribution < 1.29 is 17.9 Å². The summed E-state index contributed by atoms with van der Waals surface area (Å²) in [6.07, 6.45) is 1.77. The second-order valence-electron chi connectivity index (χ2n) is 8.88. The highest BCUT2D eigenvalue weighted by Gasteiger charge is 2.23. The van der Waals surface area contributed by atoms with Gasteiger partial charge in [-0.15, -0.1) is 0 Å². The van der Waals surface area contributed by atoms with Gasteiger partial charge in [0.05, 0.1) is 6.10 Å². The molecule has 3 aromatic rings. The first-order valence-electron chi connectivity index (χ1n) is 12.4. The molecule has 2 N–H and O–H groups in total. The molecule has 0 spiro atoms. The number of allylic oxidation sites excluding steroid dienone is 2. The quantitative estimate of drug-likeness (QED) is 0.305. The van der Waals surface area contributed by atoms with Crippen LogP contribution in [-0.4, -0.2) is 39.3 Å². The Morgan fingerprint density at radius 2 is 1.72 bits per heavy atom. The topological polar surface area (TPSA) is 107 Å². The average Bonchev–Trinajstić information content (AvgIpc) is 3.37. The first-order chi connectivity index (χ1) is 17.2. The Labute approximate surface area is 214 Å².